The van der Waals surface area contributed by atoms with E-state index in [0.717, 1.165) is 0 Å². The molecule has 4 aliphatic rings. The standard InChI is InChI=1S/C30H38O16.C20H26O12/c1-15(2)25(31)39-9-19(10-40-26(32)16(3)4)43-29(35)45-21-13-37-24-22(14-38-23(21)24)46-30(36)44-20(11-41-27(33)17(5)6)12-42-28(34)18(7)8;1-11(2)17(21)25-5-7-27-19(23)31-13-9-29-16-14(10-30-15(13)16)32-20(24)28-8-6-26-18(22)12(3)4/h19-24H,1,3,5,7,9-14H2,2,4,6,8H3;13-16H,1,3,5-10H2,2,4H3/t21-,22+,23-,24-;13-,14+,15-,16-/m11/s1. The number of carbonyl (C=O) groups excluding carboxylic acids is 10. The maximum atomic E-state index is 12.6. The first-order valence-electron chi connectivity index (χ1n) is 23.6. The van der Waals surface area contributed by atoms with Crippen molar-refractivity contribution in [1.29, 1.82) is 0 Å². The minimum absolute atomic E-state index is 0.0147. The summed E-state index contributed by atoms with van der Waals surface area (Å²) < 4.78 is 92.9. The van der Waals surface area contributed by atoms with Crippen LogP contribution in [0.3, 0.4) is 0 Å². The zero-order valence-electron chi connectivity index (χ0n) is 43.9. The van der Waals surface area contributed by atoms with Gasteiger partial charge >= 0.3 is 60.4 Å². The molecule has 0 amide bonds. The molecule has 4 aliphatic heterocycles. The highest BCUT2D eigenvalue weighted by Gasteiger charge is 2.53. The van der Waals surface area contributed by atoms with Crippen LogP contribution in [0.5, 0.6) is 0 Å². The van der Waals surface area contributed by atoms with Gasteiger partial charge in [-0.2, -0.15) is 0 Å². The second-order valence-corrected chi connectivity index (χ2v) is 17.3. The van der Waals surface area contributed by atoms with Crippen LogP contribution < -0.4 is 0 Å². The lowest BCUT2D eigenvalue weighted by molar-refractivity contribution is -0.150. The predicted octanol–water partition coefficient (Wildman–Crippen LogP) is 3.11. The molecule has 4 rings (SSSR count). The summed E-state index contributed by atoms with van der Waals surface area (Å²) in [5.41, 5.74) is 0.851. The molecule has 8 atom stereocenters. The van der Waals surface area contributed by atoms with E-state index in [9.17, 15) is 47.9 Å². The van der Waals surface area contributed by atoms with Gasteiger partial charge in [0, 0.05) is 33.4 Å². The Hall–Kier alpha value is -7.82. The Kier molecular flexibility index (Phi) is 26.5. The molecule has 0 radical (unpaired) electrons. The minimum atomic E-state index is -1.23. The van der Waals surface area contributed by atoms with Gasteiger partial charge in [0.15, 0.2) is 36.6 Å². The van der Waals surface area contributed by atoms with E-state index < -0.39 is 148 Å². The first-order valence-corrected chi connectivity index (χ1v) is 23.6. The zero-order valence-corrected chi connectivity index (χ0v) is 43.9. The highest BCUT2D eigenvalue weighted by Crippen LogP contribution is 2.32. The fourth-order valence-corrected chi connectivity index (χ4v) is 6.32. The van der Waals surface area contributed by atoms with Gasteiger partial charge in [-0.3, -0.25) is 0 Å². The van der Waals surface area contributed by atoms with Gasteiger partial charge in [-0.25, -0.2) is 47.9 Å². The third kappa shape index (κ3) is 22.0. The van der Waals surface area contributed by atoms with Crippen molar-refractivity contribution in [2.75, 3.05) is 79.3 Å². The average Bonchev–Trinajstić information content (AvgIpc) is 4.19. The van der Waals surface area contributed by atoms with Crippen molar-refractivity contribution in [3.63, 3.8) is 0 Å². The highest BCUT2D eigenvalue weighted by molar-refractivity contribution is 5.89. The monoisotopic (exact) mass is 1110 g/mol. The largest absolute Gasteiger partial charge is 0.509 e. The van der Waals surface area contributed by atoms with Crippen molar-refractivity contribution in [3.05, 3.63) is 72.9 Å². The third-order valence-corrected chi connectivity index (χ3v) is 10.2. The van der Waals surface area contributed by atoms with Crippen LogP contribution in [0.25, 0.3) is 0 Å². The fraction of sp³-hybridized carbons (Fsp3) is 0.560. The Morgan fingerprint density at radius 1 is 0.333 bits per heavy atom. The molecular formula is C50H64O28. The van der Waals surface area contributed by atoms with Gasteiger partial charge in [0.2, 0.25) is 0 Å². The highest BCUT2D eigenvalue weighted by atomic mass is 16.8. The molecular weight excluding hydrogens is 1050 g/mol. The van der Waals surface area contributed by atoms with E-state index in [1.54, 1.807) is 0 Å². The fourth-order valence-electron chi connectivity index (χ4n) is 6.32. The minimum Gasteiger partial charge on any atom is -0.459 e. The molecule has 0 aliphatic carbocycles. The summed E-state index contributed by atoms with van der Waals surface area (Å²) in [6.45, 7) is 26.5. The summed E-state index contributed by atoms with van der Waals surface area (Å²) >= 11 is 0. The quantitative estimate of drug-likeness (QED) is 0.0520. The van der Waals surface area contributed by atoms with E-state index in [1.807, 2.05) is 0 Å². The lowest BCUT2D eigenvalue weighted by Crippen LogP contribution is -2.38. The molecule has 0 aromatic carbocycles. The second kappa shape index (κ2) is 32.0. The molecule has 0 N–H and O–H groups in total. The Morgan fingerprint density at radius 2 is 0.538 bits per heavy atom. The van der Waals surface area contributed by atoms with Crippen molar-refractivity contribution in [2.24, 2.45) is 0 Å². The third-order valence-electron chi connectivity index (χ3n) is 10.2. The molecule has 0 bridgehead atoms. The molecule has 28 heteroatoms. The second-order valence-electron chi connectivity index (χ2n) is 17.3. The van der Waals surface area contributed by atoms with E-state index in [1.165, 1.54) is 41.5 Å². The summed E-state index contributed by atoms with van der Waals surface area (Å²) in [6.07, 6.45) is -13.4. The van der Waals surface area contributed by atoms with Crippen LogP contribution in [-0.4, -0.2) is 201 Å². The molecule has 0 aromatic heterocycles. The van der Waals surface area contributed by atoms with Gasteiger partial charge in [-0.05, 0) is 41.5 Å². The molecule has 0 saturated carbocycles. The topological polar surface area (TPSA) is 337 Å². The number of fused-ring (bicyclic) bond motifs is 2. The summed E-state index contributed by atoms with van der Waals surface area (Å²) in [7, 11) is 0. The lowest BCUT2D eigenvalue weighted by atomic mass is 10.1. The zero-order chi connectivity index (χ0) is 58.2. The first-order chi connectivity index (χ1) is 36.8. The van der Waals surface area contributed by atoms with Crippen LogP contribution >= 0.6 is 0 Å². The smallest absolute Gasteiger partial charge is 0.459 e. The van der Waals surface area contributed by atoms with Crippen molar-refractivity contribution < 1.29 is 133 Å². The number of rotatable bonds is 26. The normalized spacial score (nSPS) is 21.2. The Bertz CT molecular complexity index is 2070. The molecule has 78 heavy (non-hydrogen) atoms. The number of hydrogen-bond acceptors (Lipinski definition) is 28. The number of esters is 6. The van der Waals surface area contributed by atoms with Gasteiger partial charge in [0.05, 0.1) is 26.4 Å². The van der Waals surface area contributed by atoms with Gasteiger partial charge in [0.1, 0.15) is 77.3 Å². The number of hydrogen-bond donors (Lipinski definition) is 0. The molecule has 28 nitrogen and oxygen atoms in total. The number of carbonyl (C=O) groups is 10. The van der Waals surface area contributed by atoms with E-state index in [0.29, 0.717) is 0 Å². The Morgan fingerprint density at radius 3 is 0.769 bits per heavy atom. The summed E-state index contributed by atoms with van der Waals surface area (Å²) in [4.78, 5) is 118. The maximum absolute atomic E-state index is 12.6. The van der Waals surface area contributed by atoms with E-state index >= 15 is 0 Å². The molecule has 4 saturated heterocycles. The SMILES string of the molecule is C=C(C)C(=O)OCC(COC(=O)C(=C)C)OC(=O)O[C@H]1CO[C@H]2[C@@H]1OC[C@H]2OC(=O)OC(COC(=O)C(=C)C)COC(=O)C(=C)C.C=C(C)C(=O)OCCOC(=O)O[C@H]1CO[C@H]2[C@@H]1OC[C@H]2OC(=O)OCCOC(=O)C(=C)C. The molecule has 0 aromatic rings. The van der Waals surface area contributed by atoms with E-state index in [2.05, 4.69) is 39.5 Å². The predicted molar refractivity (Wildman–Crippen MR) is 256 cm³/mol. The summed E-state index contributed by atoms with van der Waals surface area (Å²) in [6, 6.07) is 0. The van der Waals surface area contributed by atoms with Crippen molar-refractivity contribution in [3.8, 4) is 0 Å². The molecule has 4 heterocycles. The van der Waals surface area contributed by atoms with Crippen LogP contribution in [0.2, 0.25) is 0 Å². The maximum Gasteiger partial charge on any atom is 0.509 e. The summed E-state index contributed by atoms with van der Waals surface area (Å²) in [5, 5.41) is 0. The van der Waals surface area contributed by atoms with Gasteiger partial charge in [-0.15, -0.1) is 0 Å². The van der Waals surface area contributed by atoms with Gasteiger partial charge < -0.3 is 85.3 Å². The van der Waals surface area contributed by atoms with Crippen LogP contribution in [0, 0.1) is 0 Å². The van der Waals surface area contributed by atoms with Crippen molar-refractivity contribution in [1.82, 2.24) is 0 Å². The number of ether oxygens (including phenoxy) is 18. The molecule has 0 unspecified atom stereocenters. The lowest BCUT2D eigenvalue weighted by Gasteiger charge is -2.21. The molecule has 432 valence electrons. The van der Waals surface area contributed by atoms with Gasteiger partial charge in [-0.1, -0.05) is 39.5 Å². The summed E-state index contributed by atoms with van der Waals surface area (Å²) in [5.74, 6) is -4.20. The van der Waals surface area contributed by atoms with Crippen LogP contribution in [0.1, 0.15) is 41.5 Å². The van der Waals surface area contributed by atoms with Gasteiger partial charge in [0.25, 0.3) is 0 Å². The first kappa shape index (κ1) is 64.5. The van der Waals surface area contributed by atoms with E-state index in [4.69, 9.17) is 85.3 Å². The molecule has 4 fully saturated rings. The average molecular weight is 1110 g/mol. The Balaban J connectivity index is 0.000000437. The Labute approximate surface area is 447 Å². The molecule has 0 spiro atoms. The van der Waals surface area contributed by atoms with Crippen LogP contribution in [0.15, 0.2) is 72.9 Å². The van der Waals surface area contributed by atoms with E-state index in [-0.39, 0.29) is 86.3 Å². The van der Waals surface area contributed by atoms with Crippen LogP contribution in [-0.2, 0) is 114 Å². The van der Waals surface area contributed by atoms with Crippen LogP contribution in [0.4, 0.5) is 19.2 Å². The van der Waals surface area contributed by atoms with Crippen molar-refractivity contribution >= 4 is 60.4 Å². The van der Waals surface area contributed by atoms with Crippen molar-refractivity contribution in [2.45, 2.75) is 103 Å².